The van der Waals surface area contributed by atoms with E-state index in [4.69, 9.17) is 4.74 Å². The molecule has 3 aromatic heterocycles. The molecule has 0 aliphatic heterocycles. The van der Waals surface area contributed by atoms with E-state index in [2.05, 4.69) is 26.5 Å². The van der Waals surface area contributed by atoms with Gasteiger partial charge in [-0.1, -0.05) is 11.3 Å². The molecule has 8 heteroatoms. The molecule has 24 heavy (non-hydrogen) atoms. The SMILES string of the molecule is COc1ccc(-c2nnc3sc(Cn4nc(C)cc4C)nn23)cc1. The van der Waals surface area contributed by atoms with Crippen LogP contribution in [0.3, 0.4) is 0 Å². The second-order valence-electron chi connectivity index (χ2n) is 5.53. The zero-order valence-corrected chi connectivity index (χ0v) is 14.4. The number of aryl methyl sites for hydroxylation is 2. The second kappa shape index (κ2) is 5.72. The third kappa shape index (κ3) is 2.54. The average Bonchev–Trinajstić information content (AvgIpc) is 3.22. The summed E-state index contributed by atoms with van der Waals surface area (Å²) in [5.41, 5.74) is 3.08. The molecule has 4 rings (SSSR count). The first-order valence-electron chi connectivity index (χ1n) is 7.50. The predicted octanol–water partition coefficient (Wildman–Crippen LogP) is 2.72. The summed E-state index contributed by atoms with van der Waals surface area (Å²) < 4.78 is 8.93. The summed E-state index contributed by atoms with van der Waals surface area (Å²) in [5.74, 6) is 1.53. The Labute approximate surface area is 142 Å². The van der Waals surface area contributed by atoms with Crippen molar-refractivity contribution in [3.05, 3.63) is 46.7 Å². The summed E-state index contributed by atoms with van der Waals surface area (Å²) in [6.45, 7) is 4.67. The van der Waals surface area contributed by atoms with E-state index >= 15 is 0 Å². The molecule has 4 aromatic rings. The highest BCUT2D eigenvalue weighted by Crippen LogP contribution is 2.24. The van der Waals surface area contributed by atoms with Crippen molar-refractivity contribution in [3.63, 3.8) is 0 Å². The average molecular weight is 340 g/mol. The molecule has 0 unspecified atom stereocenters. The topological polar surface area (TPSA) is 70.1 Å². The van der Waals surface area contributed by atoms with Gasteiger partial charge in [0, 0.05) is 11.3 Å². The third-order valence-electron chi connectivity index (χ3n) is 3.77. The Morgan fingerprint density at radius 1 is 1.08 bits per heavy atom. The largest absolute Gasteiger partial charge is 0.497 e. The van der Waals surface area contributed by atoms with Crippen LogP contribution in [0.15, 0.2) is 30.3 Å². The molecule has 0 spiro atoms. The molecule has 0 saturated carbocycles. The molecule has 3 heterocycles. The summed E-state index contributed by atoms with van der Waals surface area (Å²) in [5, 5.41) is 18.6. The summed E-state index contributed by atoms with van der Waals surface area (Å²) in [7, 11) is 1.65. The fraction of sp³-hybridized carbons (Fsp3) is 0.250. The van der Waals surface area contributed by atoms with E-state index in [1.54, 1.807) is 11.6 Å². The highest BCUT2D eigenvalue weighted by molar-refractivity contribution is 7.16. The highest BCUT2D eigenvalue weighted by atomic mass is 32.1. The minimum Gasteiger partial charge on any atom is -0.497 e. The normalized spacial score (nSPS) is 11.3. The van der Waals surface area contributed by atoms with E-state index < -0.39 is 0 Å². The van der Waals surface area contributed by atoms with Gasteiger partial charge in [-0.15, -0.1) is 10.2 Å². The summed E-state index contributed by atoms with van der Waals surface area (Å²) in [4.78, 5) is 0.775. The molecule has 0 saturated heterocycles. The maximum absolute atomic E-state index is 5.19. The minimum atomic E-state index is 0.635. The van der Waals surface area contributed by atoms with Crippen molar-refractivity contribution in [2.75, 3.05) is 7.11 Å². The second-order valence-corrected chi connectivity index (χ2v) is 6.57. The van der Waals surface area contributed by atoms with Crippen LogP contribution in [0.25, 0.3) is 16.3 Å². The van der Waals surface area contributed by atoms with Crippen molar-refractivity contribution in [2.45, 2.75) is 20.4 Å². The Hall–Kier alpha value is -2.74. The lowest BCUT2D eigenvalue weighted by Gasteiger charge is -2.01. The van der Waals surface area contributed by atoms with Gasteiger partial charge >= 0.3 is 0 Å². The molecular formula is C16H16N6OS. The molecule has 1 aromatic carbocycles. The lowest BCUT2D eigenvalue weighted by Crippen LogP contribution is -2.04. The van der Waals surface area contributed by atoms with E-state index in [0.29, 0.717) is 6.54 Å². The van der Waals surface area contributed by atoms with Crippen molar-refractivity contribution < 1.29 is 4.74 Å². The Kier molecular flexibility index (Phi) is 3.53. The molecule has 0 bridgehead atoms. The molecule has 7 nitrogen and oxygen atoms in total. The maximum atomic E-state index is 5.19. The highest BCUT2D eigenvalue weighted by Gasteiger charge is 2.14. The van der Waals surface area contributed by atoms with Crippen LogP contribution in [-0.4, -0.2) is 36.7 Å². The molecule has 0 aliphatic carbocycles. The molecule has 122 valence electrons. The number of methoxy groups -OCH3 is 1. The summed E-state index contributed by atoms with van der Waals surface area (Å²) in [6.07, 6.45) is 0. The lowest BCUT2D eigenvalue weighted by atomic mass is 10.2. The molecule has 0 N–H and O–H groups in total. The van der Waals surface area contributed by atoms with Crippen molar-refractivity contribution in [2.24, 2.45) is 0 Å². The number of fused-ring (bicyclic) bond motifs is 1. The van der Waals surface area contributed by atoms with Gasteiger partial charge in [0.25, 0.3) is 0 Å². The van der Waals surface area contributed by atoms with Gasteiger partial charge in [0.05, 0.1) is 19.3 Å². The number of hydrogen-bond donors (Lipinski definition) is 0. The minimum absolute atomic E-state index is 0.635. The van der Waals surface area contributed by atoms with Gasteiger partial charge < -0.3 is 4.74 Å². The summed E-state index contributed by atoms with van der Waals surface area (Å²) in [6, 6.07) is 9.77. The van der Waals surface area contributed by atoms with E-state index in [9.17, 15) is 0 Å². The Balaban J connectivity index is 1.69. The Morgan fingerprint density at radius 3 is 2.54 bits per heavy atom. The number of hydrogen-bond acceptors (Lipinski definition) is 6. The number of ether oxygens (including phenoxy) is 1. The van der Waals surface area contributed by atoms with Crippen molar-refractivity contribution in [1.29, 1.82) is 0 Å². The van der Waals surface area contributed by atoms with Crippen LogP contribution in [0.1, 0.15) is 16.4 Å². The van der Waals surface area contributed by atoms with Gasteiger partial charge in [-0.05, 0) is 44.2 Å². The third-order valence-corrected chi connectivity index (χ3v) is 4.65. The molecular weight excluding hydrogens is 324 g/mol. The van der Waals surface area contributed by atoms with Crippen LogP contribution in [0, 0.1) is 13.8 Å². The van der Waals surface area contributed by atoms with Crippen molar-refractivity contribution >= 4 is 16.3 Å². The van der Waals surface area contributed by atoms with E-state index in [0.717, 1.165) is 38.5 Å². The number of aromatic nitrogens is 6. The van der Waals surface area contributed by atoms with Crippen LogP contribution in [0.2, 0.25) is 0 Å². The fourth-order valence-electron chi connectivity index (χ4n) is 2.60. The Morgan fingerprint density at radius 2 is 1.88 bits per heavy atom. The molecule has 0 fully saturated rings. The number of benzene rings is 1. The van der Waals surface area contributed by atoms with Crippen molar-refractivity contribution in [3.8, 4) is 17.1 Å². The molecule has 0 aliphatic rings. The first kappa shape index (κ1) is 14.8. The van der Waals surface area contributed by atoms with Gasteiger partial charge in [-0.25, -0.2) is 0 Å². The number of rotatable bonds is 4. The predicted molar refractivity (Wildman–Crippen MR) is 91.5 cm³/mol. The van der Waals surface area contributed by atoms with E-state index in [1.807, 2.05) is 42.8 Å². The first-order chi connectivity index (χ1) is 11.6. The zero-order chi connectivity index (χ0) is 16.7. The van der Waals surface area contributed by atoms with Crippen LogP contribution in [0.4, 0.5) is 0 Å². The first-order valence-corrected chi connectivity index (χ1v) is 8.32. The fourth-order valence-corrected chi connectivity index (χ4v) is 3.42. The van der Waals surface area contributed by atoms with Gasteiger partial charge in [-0.2, -0.15) is 14.7 Å². The molecule has 0 radical (unpaired) electrons. The quantitative estimate of drug-likeness (QED) is 0.571. The van der Waals surface area contributed by atoms with Gasteiger partial charge in [0.2, 0.25) is 4.96 Å². The van der Waals surface area contributed by atoms with Crippen LogP contribution < -0.4 is 4.74 Å². The monoisotopic (exact) mass is 340 g/mol. The lowest BCUT2D eigenvalue weighted by molar-refractivity contribution is 0.415. The van der Waals surface area contributed by atoms with Crippen LogP contribution in [-0.2, 0) is 6.54 Å². The maximum Gasteiger partial charge on any atom is 0.235 e. The van der Waals surface area contributed by atoms with Gasteiger partial charge in [0.1, 0.15) is 10.8 Å². The van der Waals surface area contributed by atoms with E-state index in [-0.39, 0.29) is 0 Å². The summed E-state index contributed by atoms with van der Waals surface area (Å²) >= 11 is 1.53. The molecule has 0 atom stereocenters. The zero-order valence-electron chi connectivity index (χ0n) is 13.6. The number of nitrogens with zero attached hydrogens (tertiary/aromatic N) is 6. The van der Waals surface area contributed by atoms with Crippen LogP contribution in [0.5, 0.6) is 5.75 Å². The van der Waals surface area contributed by atoms with Gasteiger partial charge in [-0.3, -0.25) is 4.68 Å². The Bertz CT molecular complexity index is 998. The van der Waals surface area contributed by atoms with Crippen molar-refractivity contribution in [1.82, 2.24) is 29.6 Å². The van der Waals surface area contributed by atoms with Gasteiger partial charge in [0.15, 0.2) is 5.82 Å². The van der Waals surface area contributed by atoms with E-state index in [1.165, 1.54) is 11.3 Å². The molecule has 0 amide bonds. The standard InChI is InChI=1S/C16H16N6OS/c1-10-8-11(2)21(19-10)9-14-20-22-15(17-18-16(22)24-14)12-4-6-13(23-3)7-5-12/h4-8H,9H2,1-3H3. The smallest absolute Gasteiger partial charge is 0.235 e. The van der Waals surface area contributed by atoms with Crippen LogP contribution >= 0.6 is 11.3 Å².